The first kappa shape index (κ1) is 17.8. The Morgan fingerprint density at radius 3 is 2.83 bits per heavy atom. The number of aromatic nitrogens is 3. The highest BCUT2D eigenvalue weighted by molar-refractivity contribution is 5.80. The van der Waals surface area contributed by atoms with Crippen LogP contribution in [0.2, 0.25) is 0 Å². The van der Waals surface area contributed by atoms with E-state index in [1.807, 2.05) is 0 Å². The Morgan fingerprint density at radius 1 is 1.35 bits per heavy atom. The van der Waals surface area contributed by atoms with E-state index in [1.165, 1.54) is 32.1 Å². The van der Waals surface area contributed by atoms with Crippen LogP contribution < -0.4 is 10.6 Å². The Morgan fingerprint density at radius 2 is 2.13 bits per heavy atom. The third-order valence-corrected chi connectivity index (χ3v) is 4.31. The fraction of sp³-hybridized carbons (Fsp3) is 0.824. The summed E-state index contributed by atoms with van der Waals surface area (Å²) >= 11 is 0. The molecule has 0 aliphatic heterocycles. The van der Waals surface area contributed by atoms with Gasteiger partial charge in [0.25, 0.3) is 0 Å². The van der Waals surface area contributed by atoms with E-state index >= 15 is 0 Å². The van der Waals surface area contributed by atoms with E-state index in [4.69, 9.17) is 4.99 Å². The normalized spacial score (nSPS) is 16.8. The SMILES string of the molecule is CCc1nncn1CCNC(=NCC1CCCCC1)NC(C)C. The quantitative estimate of drug-likeness (QED) is 0.598. The number of hydrogen-bond donors (Lipinski definition) is 2. The number of guanidine groups is 1. The Balaban J connectivity index is 1.82. The van der Waals surface area contributed by atoms with Crippen LogP contribution in [0.3, 0.4) is 0 Å². The second-order valence-corrected chi connectivity index (χ2v) is 6.71. The first-order chi connectivity index (χ1) is 11.2. The summed E-state index contributed by atoms with van der Waals surface area (Å²) in [5, 5.41) is 15.0. The zero-order valence-corrected chi connectivity index (χ0v) is 14.9. The van der Waals surface area contributed by atoms with Crippen molar-refractivity contribution in [2.75, 3.05) is 13.1 Å². The smallest absolute Gasteiger partial charge is 0.191 e. The lowest BCUT2D eigenvalue weighted by Gasteiger charge is -2.21. The summed E-state index contributed by atoms with van der Waals surface area (Å²) in [6.07, 6.45) is 9.51. The maximum atomic E-state index is 4.80. The summed E-state index contributed by atoms with van der Waals surface area (Å²) < 4.78 is 2.10. The molecule has 0 saturated heterocycles. The number of rotatable bonds is 7. The zero-order chi connectivity index (χ0) is 16.5. The number of nitrogens with one attached hydrogen (secondary N) is 2. The molecule has 6 nitrogen and oxygen atoms in total. The Hall–Kier alpha value is -1.59. The van der Waals surface area contributed by atoms with E-state index < -0.39 is 0 Å². The monoisotopic (exact) mass is 320 g/mol. The van der Waals surface area contributed by atoms with Crippen LogP contribution in [0, 0.1) is 5.92 Å². The molecule has 0 spiro atoms. The molecule has 1 aliphatic carbocycles. The van der Waals surface area contributed by atoms with Gasteiger partial charge in [-0.1, -0.05) is 26.2 Å². The minimum Gasteiger partial charge on any atom is -0.355 e. The predicted octanol–water partition coefficient (Wildman–Crippen LogP) is 2.36. The van der Waals surface area contributed by atoms with Crippen molar-refractivity contribution in [1.29, 1.82) is 0 Å². The topological polar surface area (TPSA) is 67.1 Å². The van der Waals surface area contributed by atoms with Gasteiger partial charge in [0.15, 0.2) is 5.96 Å². The Kier molecular flexibility index (Phi) is 7.36. The molecular formula is C17H32N6. The lowest BCUT2D eigenvalue weighted by atomic mass is 9.89. The molecule has 6 heteroatoms. The van der Waals surface area contributed by atoms with E-state index in [1.54, 1.807) is 6.33 Å². The van der Waals surface area contributed by atoms with Gasteiger partial charge in [0.05, 0.1) is 0 Å². The van der Waals surface area contributed by atoms with Crippen LogP contribution in [0.1, 0.15) is 58.7 Å². The van der Waals surface area contributed by atoms with Crippen molar-refractivity contribution in [2.45, 2.75) is 71.9 Å². The minimum atomic E-state index is 0.383. The second-order valence-electron chi connectivity index (χ2n) is 6.71. The summed E-state index contributed by atoms with van der Waals surface area (Å²) in [7, 11) is 0. The Labute approximate surface area is 140 Å². The maximum absolute atomic E-state index is 4.80. The molecule has 1 aromatic heterocycles. The molecule has 1 heterocycles. The van der Waals surface area contributed by atoms with Gasteiger partial charge in [-0.05, 0) is 32.6 Å². The van der Waals surface area contributed by atoms with E-state index in [2.05, 4.69) is 46.2 Å². The van der Waals surface area contributed by atoms with Gasteiger partial charge in [0.1, 0.15) is 12.2 Å². The summed E-state index contributed by atoms with van der Waals surface area (Å²) in [6, 6.07) is 0.383. The third-order valence-electron chi connectivity index (χ3n) is 4.31. The molecule has 1 fully saturated rings. The maximum Gasteiger partial charge on any atom is 0.191 e. The van der Waals surface area contributed by atoms with E-state index in [9.17, 15) is 0 Å². The van der Waals surface area contributed by atoms with Crippen molar-refractivity contribution >= 4 is 5.96 Å². The molecule has 130 valence electrons. The number of nitrogens with zero attached hydrogens (tertiary/aromatic N) is 4. The molecule has 0 atom stereocenters. The van der Waals surface area contributed by atoms with Crippen molar-refractivity contribution in [3.63, 3.8) is 0 Å². The van der Waals surface area contributed by atoms with Crippen LogP contribution in [0.25, 0.3) is 0 Å². The summed E-state index contributed by atoms with van der Waals surface area (Å²) in [5.74, 6) is 2.72. The van der Waals surface area contributed by atoms with Crippen LogP contribution in [0.4, 0.5) is 0 Å². The van der Waals surface area contributed by atoms with Crippen molar-refractivity contribution < 1.29 is 0 Å². The molecule has 2 N–H and O–H groups in total. The highest BCUT2D eigenvalue weighted by Crippen LogP contribution is 2.23. The van der Waals surface area contributed by atoms with Gasteiger partial charge in [-0.3, -0.25) is 4.99 Å². The fourth-order valence-electron chi connectivity index (χ4n) is 3.05. The highest BCUT2D eigenvalue weighted by Gasteiger charge is 2.13. The predicted molar refractivity (Wildman–Crippen MR) is 94.6 cm³/mol. The largest absolute Gasteiger partial charge is 0.355 e. The summed E-state index contributed by atoms with van der Waals surface area (Å²) in [4.78, 5) is 4.80. The first-order valence-corrected chi connectivity index (χ1v) is 9.10. The number of aliphatic imine (C=N–C) groups is 1. The van der Waals surface area contributed by atoms with Crippen molar-refractivity contribution in [3.05, 3.63) is 12.2 Å². The summed E-state index contributed by atoms with van der Waals surface area (Å²) in [5.41, 5.74) is 0. The van der Waals surface area contributed by atoms with Crippen LogP contribution >= 0.6 is 0 Å². The van der Waals surface area contributed by atoms with Crippen LogP contribution in [0.15, 0.2) is 11.3 Å². The highest BCUT2D eigenvalue weighted by atomic mass is 15.3. The fourth-order valence-corrected chi connectivity index (χ4v) is 3.05. The number of hydrogen-bond acceptors (Lipinski definition) is 3. The molecule has 1 aromatic rings. The molecule has 1 aliphatic rings. The van der Waals surface area contributed by atoms with Crippen molar-refractivity contribution in [3.8, 4) is 0 Å². The van der Waals surface area contributed by atoms with Gasteiger partial charge in [-0.25, -0.2) is 0 Å². The van der Waals surface area contributed by atoms with Crippen LogP contribution in [-0.2, 0) is 13.0 Å². The molecule has 2 rings (SSSR count). The molecule has 0 amide bonds. The summed E-state index contributed by atoms with van der Waals surface area (Å²) in [6.45, 7) is 9.02. The Bertz CT molecular complexity index is 473. The zero-order valence-electron chi connectivity index (χ0n) is 14.9. The lowest BCUT2D eigenvalue weighted by molar-refractivity contribution is 0.366. The average molecular weight is 320 g/mol. The molecule has 0 aromatic carbocycles. The first-order valence-electron chi connectivity index (χ1n) is 9.10. The molecular weight excluding hydrogens is 288 g/mol. The van der Waals surface area contributed by atoms with Crippen molar-refractivity contribution in [1.82, 2.24) is 25.4 Å². The standard InChI is InChI=1S/C17H32N6/c1-4-16-22-20-13-23(16)11-10-18-17(21-14(2)3)19-12-15-8-6-5-7-9-15/h13-15H,4-12H2,1-3H3,(H2,18,19,21). The van der Waals surface area contributed by atoms with Gasteiger partial charge >= 0.3 is 0 Å². The number of aryl methyl sites for hydroxylation is 1. The molecule has 23 heavy (non-hydrogen) atoms. The van der Waals surface area contributed by atoms with E-state index in [0.717, 1.165) is 43.8 Å². The third kappa shape index (κ3) is 6.20. The van der Waals surface area contributed by atoms with Crippen molar-refractivity contribution in [2.24, 2.45) is 10.9 Å². The van der Waals surface area contributed by atoms with Crippen LogP contribution in [0.5, 0.6) is 0 Å². The van der Waals surface area contributed by atoms with Crippen LogP contribution in [-0.4, -0.2) is 39.9 Å². The second kappa shape index (κ2) is 9.53. The molecule has 0 radical (unpaired) electrons. The van der Waals surface area contributed by atoms with E-state index in [0.29, 0.717) is 6.04 Å². The molecule has 1 saturated carbocycles. The van der Waals surface area contributed by atoms with Gasteiger partial charge in [-0.2, -0.15) is 0 Å². The molecule has 0 bridgehead atoms. The van der Waals surface area contributed by atoms with Gasteiger partial charge in [0, 0.05) is 32.1 Å². The molecule has 0 unspecified atom stereocenters. The lowest BCUT2D eigenvalue weighted by Crippen LogP contribution is -2.42. The van der Waals surface area contributed by atoms with Gasteiger partial charge < -0.3 is 15.2 Å². The van der Waals surface area contributed by atoms with E-state index in [-0.39, 0.29) is 0 Å². The van der Waals surface area contributed by atoms with Gasteiger partial charge in [-0.15, -0.1) is 10.2 Å². The average Bonchev–Trinajstić information content (AvgIpc) is 3.00. The van der Waals surface area contributed by atoms with Gasteiger partial charge in [0.2, 0.25) is 0 Å². The minimum absolute atomic E-state index is 0.383.